The third-order valence-corrected chi connectivity index (χ3v) is 4.60. The van der Waals surface area contributed by atoms with Crippen molar-refractivity contribution in [3.63, 3.8) is 0 Å². The number of halogens is 1. The first-order valence-electron chi connectivity index (χ1n) is 9.54. The number of alkyl carbamates (subject to hydrolysis) is 1. The first-order valence-corrected chi connectivity index (χ1v) is 9.91. The number of piperazine rings is 1. The first kappa shape index (κ1) is 22.3. The number of hydrogen-bond acceptors (Lipinski definition) is 5. The van der Waals surface area contributed by atoms with Crippen molar-refractivity contribution in [2.45, 2.75) is 39.3 Å². The summed E-state index contributed by atoms with van der Waals surface area (Å²) in [4.78, 5) is 28.4. The number of benzene rings is 1. The van der Waals surface area contributed by atoms with E-state index in [0.717, 1.165) is 19.6 Å². The molecule has 1 aromatic carbocycles. The lowest BCUT2D eigenvalue weighted by molar-refractivity contribution is -0.134. The Morgan fingerprint density at radius 3 is 2.43 bits per heavy atom. The van der Waals surface area contributed by atoms with Crippen LogP contribution in [-0.4, -0.2) is 72.8 Å². The summed E-state index contributed by atoms with van der Waals surface area (Å²) in [5.41, 5.74) is -0.593. The van der Waals surface area contributed by atoms with E-state index in [1.54, 1.807) is 38.7 Å². The number of carbonyl (C=O) groups excluding carboxylic acids is 2. The van der Waals surface area contributed by atoms with E-state index >= 15 is 0 Å². The van der Waals surface area contributed by atoms with Gasteiger partial charge in [0.15, 0.2) is 0 Å². The molecule has 156 valence electrons. The molecule has 2 rings (SSSR count). The summed E-state index contributed by atoms with van der Waals surface area (Å²) in [5, 5.41) is 3.21. The zero-order chi connectivity index (χ0) is 20.7. The molecule has 28 heavy (non-hydrogen) atoms. The quantitative estimate of drug-likeness (QED) is 0.779. The average Bonchev–Trinajstić information content (AvgIpc) is 2.61. The molecule has 2 amide bonds. The maximum absolute atomic E-state index is 12.5. The normalized spacial score (nSPS) is 16.4. The standard InChI is InChI=1S/C20H30ClN3O4/c1-15(22-19(26)28-20(2,3)4)18(25)24-11-9-23(10-12-24)13-14-27-17-8-6-5-7-16(17)21/h5-8,15H,9-14H2,1-4H3,(H,22,26)/t15-/m1/s1. The van der Waals surface area contributed by atoms with E-state index in [2.05, 4.69) is 10.2 Å². The predicted molar refractivity (Wildman–Crippen MR) is 109 cm³/mol. The van der Waals surface area contributed by atoms with Gasteiger partial charge in [-0.15, -0.1) is 0 Å². The largest absolute Gasteiger partial charge is 0.491 e. The number of nitrogens with one attached hydrogen (secondary N) is 1. The highest BCUT2D eigenvalue weighted by atomic mass is 35.5. The molecule has 7 nitrogen and oxygen atoms in total. The van der Waals surface area contributed by atoms with Gasteiger partial charge in [-0.25, -0.2) is 4.79 Å². The number of amides is 2. The zero-order valence-electron chi connectivity index (χ0n) is 17.0. The summed E-state index contributed by atoms with van der Waals surface area (Å²) in [5.74, 6) is 0.581. The van der Waals surface area contributed by atoms with E-state index in [-0.39, 0.29) is 5.91 Å². The fourth-order valence-electron chi connectivity index (χ4n) is 2.86. The van der Waals surface area contributed by atoms with Crippen LogP contribution in [0.4, 0.5) is 4.79 Å². The predicted octanol–water partition coefficient (Wildman–Crippen LogP) is 2.78. The highest BCUT2D eigenvalue weighted by Gasteiger charge is 2.27. The Bertz CT molecular complexity index is 670. The van der Waals surface area contributed by atoms with Crippen molar-refractivity contribution in [3.05, 3.63) is 29.3 Å². The second-order valence-corrected chi connectivity index (χ2v) is 8.22. The van der Waals surface area contributed by atoms with Crippen LogP contribution < -0.4 is 10.1 Å². The van der Waals surface area contributed by atoms with Gasteiger partial charge in [0.25, 0.3) is 0 Å². The van der Waals surface area contributed by atoms with Crippen LogP contribution in [0.1, 0.15) is 27.7 Å². The molecule has 0 aliphatic carbocycles. The van der Waals surface area contributed by atoms with Crippen molar-refractivity contribution >= 4 is 23.6 Å². The number of ether oxygens (including phenoxy) is 2. The van der Waals surface area contributed by atoms with Crippen molar-refractivity contribution < 1.29 is 19.1 Å². The lowest BCUT2D eigenvalue weighted by Gasteiger charge is -2.36. The molecule has 0 bridgehead atoms. The molecule has 0 aromatic heterocycles. The SMILES string of the molecule is C[C@@H](NC(=O)OC(C)(C)C)C(=O)N1CCN(CCOc2ccccc2Cl)CC1. The van der Waals surface area contributed by atoms with Gasteiger partial charge in [0.05, 0.1) is 5.02 Å². The Balaban J connectivity index is 1.70. The van der Waals surface area contributed by atoms with Crippen LogP contribution in [0.2, 0.25) is 5.02 Å². The summed E-state index contributed by atoms with van der Waals surface area (Å²) in [6.45, 7) is 11.1. The van der Waals surface area contributed by atoms with Gasteiger partial charge >= 0.3 is 6.09 Å². The molecule has 0 radical (unpaired) electrons. The van der Waals surface area contributed by atoms with E-state index < -0.39 is 17.7 Å². The molecular formula is C20H30ClN3O4. The molecule has 1 atom stereocenters. The first-order chi connectivity index (χ1) is 13.2. The van der Waals surface area contributed by atoms with Crippen LogP contribution in [-0.2, 0) is 9.53 Å². The molecule has 1 fully saturated rings. The van der Waals surface area contributed by atoms with Gasteiger partial charge < -0.3 is 19.7 Å². The highest BCUT2D eigenvalue weighted by molar-refractivity contribution is 6.32. The molecule has 1 saturated heterocycles. The lowest BCUT2D eigenvalue weighted by Crippen LogP contribution is -2.54. The molecule has 0 unspecified atom stereocenters. The second-order valence-electron chi connectivity index (χ2n) is 7.81. The summed E-state index contributed by atoms with van der Waals surface area (Å²) in [6, 6.07) is 6.78. The number of rotatable bonds is 6. The molecule has 8 heteroatoms. The van der Waals surface area contributed by atoms with Crippen molar-refractivity contribution in [2.75, 3.05) is 39.3 Å². The van der Waals surface area contributed by atoms with Crippen LogP contribution in [0.5, 0.6) is 5.75 Å². The number of carbonyl (C=O) groups is 2. The Hall–Kier alpha value is -1.99. The summed E-state index contributed by atoms with van der Waals surface area (Å²) >= 11 is 6.08. The summed E-state index contributed by atoms with van der Waals surface area (Å²) < 4.78 is 10.9. The average molecular weight is 412 g/mol. The monoisotopic (exact) mass is 411 g/mol. The Labute approximate surface area is 171 Å². The third kappa shape index (κ3) is 7.20. The maximum Gasteiger partial charge on any atom is 0.408 e. The van der Waals surface area contributed by atoms with E-state index in [1.807, 2.05) is 18.2 Å². The van der Waals surface area contributed by atoms with Crippen LogP contribution in [0.15, 0.2) is 24.3 Å². The van der Waals surface area contributed by atoms with E-state index in [9.17, 15) is 9.59 Å². The molecule has 1 N–H and O–H groups in total. The Kier molecular flexibility index (Phi) is 7.95. The van der Waals surface area contributed by atoms with Gasteiger partial charge in [0.2, 0.25) is 5.91 Å². The Morgan fingerprint density at radius 1 is 1.18 bits per heavy atom. The Morgan fingerprint density at radius 2 is 1.82 bits per heavy atom. The lowest BCUT2D eigenvalue weighted by atomic mass is 10.2. The van der Waals surface area contributed by atoms with Crippen molar-refractivity contribution in [3.8, 4) is 5.75 Å². The number of para-hydroxylation sites is 1. The van der Waals surface area contributed by atoms with Gasteiger partial charge in [-0.05, 0) is 39.8 Å². The zero-order valence-corrected chi connectivity index (χ0v) is 17.8. The smallest absolute Gasteiger partial charge is 0.408 e. The van der Waals surface area contributed by atoms with Crippen LogP contribution in [0.3, 0.4) is 0 Å². The van der Waals surface area contributed by atoms with E-state index in [4.69, 9.17) is 21.1 Å². The van der Waals surface area contributed by atoms with Gasteiger partial charge in [0.1, 0.15) is 24.0 Å². The minimum Gasteiger partial charge on any atom is -0.491 e. The minimum atomic E-state index is -0.620. The topological polar surface area (TPSA) is 71.1 Å². The van der Waals surface area contributed by atoms with E-state index in [0.29, 0.717) is 30.5 Å². The van der Waals surface area contributed by atoms with Gasteiger partial charge in [0, 0.05) is 32.7 Å². The van der Waals surface area contributed by atoms with Crippen LogP contribution in [0, 0.1) is 0 Å². The van der Waals surface area contributed by atoms with Crippen molar-refractivity contribution in [1.82, 2.24) is 15.1 Å². The summed E-state index contributed by atoms with van der Waals surface area (Å²) in [7, 11) is 0. The molecule has 1 heterocycles. The minimum absolute atomic E-state index is 0.0992. The fourth-order valence-corrected chi connectivity index (χ4v) is 3.05. The molecule has 0 saturated carbocycles. The van der Waals surface area contributed by atoms with Gasteiger partial charge in [-0.3, -0.25) is 9.69 Å². The van der Waals surface area contributed by atoms with Crippen LogP contribution >= 0.6 is 11.6 Å². The molecule has 1 aliphatic heterocycles. The molecule has 0 spiro atoms. The third-order valence-electron chi connectivity index (χ3n) is 4.29. The molecule has 1 aromatic rings. The number of hydrogen-bond donors (Lipinski definition) is 1. The highest BCUT2D eigenvalue weighted by Crippen LogP contribution is 2.22. The van der Waals surface area contributed by atoms with Gasteiger partial charge in [-0.1, -0.05) is 23.7 Å². The molecule has 1 aliphatic rings. The van der Waals surface area contributed by atoms with E-state index in [1.165, 1.54) is 0 Å². The fraction of sp³-hybridized carbons (Fsp3) is 0.600. The van der Waals surface area contributed by atoms with Crippen LogP contribution in [0.25, 0.3) is 0 Å². The summed E-state index contributed by atoms with van der Waals surface area (Å²) in [6.07, 6.45) is -0.580. The van der Waals surface area contributed by atoms with Crippen molar-refractivity contribution in [2.24, 2.45) is 0 Å². The second kappa shape index (κ2) is 9.98. The number of nitrogens with zero attached hydrogens (tertiary/aromatic N) is 2. The van der Waals surface area contributed by atoms with Crippen molar-refractivity contribution in [1.29, 1.82) is 0 Å². The molecular weight excluding hydrogens is 382 g/mol. The maximum atomic E-state index is 12.5. The van der Waals surface area contributed by atoms with Gasteiger partial charge in [-0.2, -0.15) is 0 Å².